The van der Waals surface area contributed by atoms with Crippen LogP contribution in [0.5, 0.6) is 5.75 Å². The van der Waals surface area contributed by atoms with E-state index in [0.717, 1.165) is 5.56 Å². The van der Waals surface area contributed by atoms with Crippen molar-refractivity contribution >= 4 is 34.8 Å². The molecule has 1 aromatic rings. The Bertz CT molecular complexity index is 294. The topological polar surface area (TPSA) is 40.5 Å². The average molecular weight is 286 g/mol. The van der Waals surface area contributed by atoms with Crippen LogP contribution in [0.4, 0.5) is 0 Å². The third-order valence-corrected chi connectivity index (χ3v) is 3.20. The lowest BCUT2D eigenvalue weighted by atomic mass is 10.2. The first-order valence-electron chi connectivity index (χ1n) is 4.59. The average Bonchev–Trinajstić information content (AvgIpc) is 2.08. The maximum absolute atomic E-state index is 8.96. The normalized spacial score (nSPS) is 11.7. The van der Waals surface area contributed by atoms with E-state index in [4.69, 9.17) is 45.0 Å². The predicted molar refractivity (Wildman–Crippen MR) is 69.4 cm³/mol. The molecule has 0 aliphatic heterocycles. The minimum absolute atomic E-state index is 0.368. The second-order valence-electron chi connectivity index (χ2n) is 3.84. The summed E-state index contributed by atoms with van der Waals surface area (Å²) in [7, 11) is 0. The molecule has 5 heteroatoms. The zero-order valence-corrected chi connectivity index (χ0v) is 11.6. The predicted octanol–water partition coefficient (Wildman–Crippen LogP) is 3.83. The Morgan fingerprint density at radius 2 is 1.44 bits per heavy atom. The van der Waals surface area contributed by atoms with Gasteiger partial charge in [0, 0.05) is 0 Å². The van der Waals surface area contributed by atoms with Gasteiger partial charge in [-0.15, -0.1) is 0 Å². The van der Waals surface area contributed by atoms with Crippen molar-refractivity contribution in [3.63, 3.8) is 0 Å². The lowest BCUT2D eigenvalue weighted by molar-refractivity contribution is 0.0847. The molecule has 2 nitrogen and oxygen atoms in total. The summed E-state index contributed by atoms with van der Waals surface area (Å²) in [6.07, 6.45) is 0. The summed E-state index contributed by atoms with van der Waals surface area (Å²) in [6, 6.07) is 7.25. The number of benzene rings is 1. The van der Waals surface area contributed by atoms with E-state index >= 15 is 0 Å². The molecule has 0 fully saturated rings. The summed E-state index contributed by atoms with van der Waals surface area (Å²) in [6.45, 7) is 4.73. The van der Waals surface area contributed by atoms with Gasteiger partial charge in [0.1, 0.15) is 11.4 Å². The molecule has 0 unspecified atom stereocenters. The van der Waals surface area contributed by atoms with Gasteiger partial charge in [0.05, 0.1) is 0 Å². The molecule has 0 aliphatic rings. The number of hydrogen-bond acceptors (Lipinski definition) is 2. The van der Waals surface area contributed by atoms with E-state index in [1.807, 2.05) is 25.1 Å². The summed E-state index contributed by atoms with van der Waals surface area (Å²) < 4.78 is -1.59. The number of phenolic OH excluding ortho intramolecular Hbond substituents is 1. The third-order valence-electron chi connectivity index (χ3n) is 1.81. The fourth-order valence-corrected chi connectivity index (χ4v) is 0.563. The summed E-state index contributed by atoms with van der Waals surface area (Å²) in [4.78, 5) is 0. The maximum atomic E-state index is 8.96. The molecule has 0 saturated carbocycles. The Balaban J connectivity index is 0.000000281. The molecule has 2 N–H and O–H groups in total. The van der Waals surface area contributed by atoms with Crippen molar-refractivity contribution in [3.05, 3.63) is 29.8 Å². The molecule has 92 valence electrons. The maximum Gasteiger partial charge on any atom is 0.218 e. The van der Waals surface area contributed by atoms with Crippen LogP contribution in [-0.4, -0.2) is 19.6 Å². The molecule has 1 aromatic carbocycles. The van der Waals surface area contributed by atoms with E-state index in [0.29, 0.717) is 5.75 Å². The van der Waals surface area contributed by atoms with Crippen LogP contribution in [0.15, 0.2) is 24.3 Å². The Morgan fingerprint density at radius 1 is 1.06 bits per heavy atom. The zero-order valence-electron chi connectivity index (χ0n) is 9.34. The highest BCUT2D eigenvalue weighted by Gasteiger charge is 2.38. The number of aryl methyl sites for hydroxylation is 1. The molecule has 0 aliphatic carbocycles. The van der Waals surface area contributed by atoms with Crippen molar-refractivity contribution in [2.24, 2.45) is 0 Å². The lowest BCUT2D eigenvalue weighted by Gasteiger charge is -2.25. The Kier molecular flexibility index (Phi) is 5.91. The van der Waals surface area contributed by atoms with Gasteiger partial charge in [0.25, 0.3) is 0 Å². The summed E-state index contributed by atoms with van der Waals surface area (Å²) in [5.41, 5.74) is -0.343. The molecule has 0 amide bonds. The van der Waals surface area contributed by atoms with E-state index < -0.39 is 9.39 Å². The zero-order chi connectivity index (χ0) is 13.0. The highest BCUT2D eigenvalue weighted by molar-refractivity contribution is 6.68. The second kappa shape index (κ2) is 5.97. The molecular weight excluding hydrogens is 270 g/mol. The molecule has 0 atom stereocenters. The van der Waals surface area contributed by atoms with E-state index in [-0.39, 0.29) is 0 Å². The molecule has 0 saturated heterocycles. The fraction of sp³-hybridized carbons (Fsp3) is 0.455. The standard InChI is InChI=1S/C7H8O.C4H7Cl3O/c1-6-4-2-3-5-7(6)8;1-3(2,8)4(5,6)7/h2-5,8H,1H3;8H,1-2H3. The Hall–Kier alpha value is -0.150. The highest BCUT2D eigenvalue weighted by Crippen LogP contribution is 2.37. The van der Waals surface area contributed by atoms with Crippen LogP contribution in [0.2, 0.25) is 0 Å². The minimum Gasteiger partial charge on any atom is -0.508 e. The number of alkyl halides is 3. The SMILES string of the molecule is CC(C)(O)C(Cl)(Cl)Cl.Cc1ccccc1O. The number of aliphatic hydroxyl groups is 1. The summed E-state index contributed by atoms with van der Waals surface area (Å²) in [5.74, 6) is 0.368. The van der Waals surface area contributed by atoms with Crippen LogP contribution in [0.25, 0.3) is 0 Å². The van der Waals surface area contributed by atoms with Crippen molar-refractivity contribution in [1.29, 1.82) is 0 Å². The number of hydrogen-bond donors (Lipinski definition) is 2. The van der Waals surface area contributed by atoms with Gasteiger partial charge in [-0.1, -0.05) is 53.0 Å². The summed E-state index contributed by atoms with van der Waals surface area (Å²) in [5, 5.41) is 17.9. The molecule has 0 aromatic heterocycles. The van der Waals surface area contributed by atoms with Gasteiger partial charge in [-0.2, -0.15) is 0 Å². The van der Waals surface area contributed by atoms with Crippen LogP contribution in [0, 0.1) is 6.92 Å². The van der Waals surface area contributed by atoms with Gasteiger partial charge in [-0.05, 0) is 32.4 Å². The first-order chi connectivity index (χ1) is 7.05. The molecule has 0 heterocycles. The van der Waals surface area contributed by atoms with E-state index in [1.54, 1.807) is 6.07 Å². The molecule has 1 rings (SSSR count). The van der Waals surface area contributed by atoms with Crippen molar-refractivity contribution in [2.75, 3.05) is 0 Å². The number of phenols is 1. The van der Waals surface area contributed by atoms with Gasteiger partial charge in [-0.3, -0.25) is 0 Å². The number of halogens is 3. The smallest absolute Gasteiger partial charge is 0.218 e. The van der Waals surface area contributed by atoms with Gasteiger partial charge in [0.15, 0.2) is 0 Å². The van der Waals surface area contributed by atoms with E-state index in [1.165, 1.54) is 13.8 Å². The van der Waals surface area contributed by atoms with E-state index in [2.05, 4.69) is 0 Å². The van der Waals surface area contributed by atoms with Crippen molar-refractivity contribution in [3.8, 4) is 5.75 Å². The fourth-order valence-electron chi connectivity index (χ4n) is 0.563. The van der Waals surface area contributed by atoms with Gasteiger partial charge < -0.3 is 10.2 Å². The largest absolute Gasteiger partial charge is 0.508 e. The molecular formula is C11H15Cl3O2. The third kappa shape index (κ3) is 5.80. The Morgan fingerprint density at radius 3 is 1.62 bits per heavy atom. The lowest BCUT2D eigenvalue weighted by Crippen LogP contribution is -2.35. The van der Waals surface area contributed by atoms with E-state index in [9.17, 15) is 0 Å². The van der Waals surface area contributed by atoms with Gasteiger partial charge in [-0.25, -0.2) is 0 Å². The highest BCUT2D eigenvalue weighted by atomic mass is 35.6. The molecule has 0 bridgehead atoms. The number of para-hydroxylation sites is 1. The number of rotatable bonds is 0. The summed E-state index contributed by atoms with van der Waals surface area (Å²) >= 11 is 15.9. The first kappa shape index (κ1) is 15.9. The monoisotopic (exact) mass is 284 g/mol. The van der Waals surface area contributed by atoms with Crippen molar-refractivity contribution < 1.29 is 10.2 Å². The molecule has 0 spiro atoms. The first-order valence-corrected chi connectivity index (χ1v) is 5.73. The quantitative estimate of drug-likeness (QED) is 0.711. The minimum atomic E-state index is -1.59. The van der Waals surface area contributed by atoms with Gasteiger partial charge >= 0.3 is 0 Å². The van der Waals surface area contributed by atoms with Crippen molar-refractivity contribution in [1.82, 2.24) is 0 Å². The number of aromatic hydroxyl groups is 1. The van der Waals surface area contributed by atoms with Crippen molar-refractivity contribution in [2.45, 2.75) is 30.2 Å². The van der Waals surface area contributed by atoms with Crippen LogP contribution < -0.4 is 0 Å². The molecule has 0 radical (unpaired) electrons. The van der Waals surface area contributed by atoms with Crippen LogP contribution in [-0.2, 0) is 0 Å². The Labute approximate surface area is 111 Å². The van der Waals surface area contributed by atoms with Crippen LogP contribution in [0.3, 0.4) is 0 Å². The van der Waals surface area contributed by atoms with Crippen LogP contribution >= 0.6 is 34.8 Å². The second-order valence-corrected chi connectivity index (χ2v) is 6.12. The van der Waals surface area contributed by atoms with Gasteiger partial charge in [0.2, 0.25) is 3.79 Å². The molecule has 16 heavy (non-hydrogen) atoms. The van der Waals surface area contributed by atoms with Crippen LogP contribution in [0.1, 0.15) is 19.4 Å².